The van der Waals surface area contributed by atoms with Gasteiger partial charge < -0.3 is 4.90 Å². The first-order valence-corrected chi connectivity index (χ1v) is 9.60. The van der Waals surface area contributed by atoms with Crippen molar-refractivity contribution in [2.24, 2.45) is 0 Å². The summed E-state index contributed by atoms with van der Waals surface area (Å²) in [5.74, 6) is 0. The second kappa shape index (κ2) is 21.0. The summed E-state index contributed by atoms with van der Waals surface area (Å²) in [4.78, 5) is 2.11. The second-order valence-corrected chi connectivity index (χ2v) is 6.73. The standard InChI is InChI=1S/C20H41N.BrH/c1-4-5-6-7-8-9-10-11-12-13-14-15-16-17-18-19-20-21(2)3;/h19-20H,4-18H2,1-3H3;1H. The van der Waals surface area contributed by atoms with E-state index in [4.69, 9.17) is 0 Å². The average molecular weight is 376 g/mol. The molecule has 1 nitrogen and oxygen atoms in total. The lowest BCUT2D eigenvalue weighted by atomic mass is 10.0. The van der Waals surface area contributed by atoms with Gasteiger partial charge in [-0.05, 0) is 19.0 Å². The van der Waals surface area contributed by atoms with Gasteiger partial charge in [0.1, 0.15) is 0 Å². The molecular formula is C20H42BrN. The monoisotopic (exact) mass is 375 g/mol. The Balaban J connectivity index is 0. The molecule has 0 atom stereocenters. The summed E-state index contributed by atoms with van der Waals surface area (Å²) < 4.78 is 0. The van der Waals surface area contributed by atoms with Crippen LogP contribution in [0.4, 0.5) is 0 Å². The Kier molecular flexibility index (Phi) is 23.2. The van der Waals surface area contributed by atoms with Gasteiger partial charge in [-0.3, -0.25) is 0 Å². The van der Waals surface area contributed by atoms with Crippen molar-refractivity contribution in [2.75, 3.05) is 14.1 Å². The topological polar surface area (TPSA) is 3.24 Å². The number of allylic oxidation sites excluding steroid dienone is 1. The first-order valence-electron chi connectivity index (χ1n) is 9.60. The quantitative estimate of drug-likeness (QED) is 0.252. The van der Waals surface area contributed by atoms with Gasteiger partial charge in [0.05, 0.1) is 0 Å². The van der Waals surface area contributed by atoms with Crippen molar-refractivity contribution >= 4 is 17.0 Å². The van der Waals surface area contributed by atoms with Crippen molar-refractivity contribution < 1.29 is 0 Å². The highest BCUT2D eigenvalue weighted by atomic mass is 79.9. The van der Waals surface area contributed by atoms with Crippen LogP contribution in [0.3, 0.4) is 0 Å². The van der Waals surface area contributed by atoms with Crippen molar-refractivity contribution in [3.8, 4) is 0 Å². The summed E-state index contributed by atoms with van der Waals surface area (Å²) >= 11 is 0. The Morgan fingerprint density at radius 3 is 1.32 bits per heavy atom. The minimum Gasteiger partial charge on any atom is -0.384 e. The lowest BCUT2D eigenvalue weighted by molar-refractivity contribution is 0.534. The van der Waals surface area contributed by atoms with E-state index in [2.05, 4.69) is 38.2 Å². The van der Waals surface area contributed by atoms with Crippen molar-refractivity contribution in [1.29, 1.82) is 0 Å². The highest BCUT2D eigenvalue weighted by molar-refractivity contribution is 8.93. The molecule has 0 rings (SSSR count). The van der Waals surface area contributed by atoms with Crippen molar-refractivity contribution in [2.45, 2.75) is 103 Å². The number of unbranched alkanes of at least 4 members (excludes halogenated alkanes) is 14. The SMILES string of the molecule is Br.CCCCCCCCCCCCCCCCC=CN(C)C. The van der Waals surface area contributed by atoms with E-state index in [-0.39, 0.29) is 17.0 Å². The van der Waals surface area contributed by atoms with E-state index in [9.17, 15) is 0 Å². The fourth-order valence-electron chi connectivity index (χ4n) is 2.74. The molecule has 0 radical (unpaired) electrons. The van der Waals surface area contributed by atoms with Crippen LogP contribution < -0.4 is 0 Å². The molecule has 0 N–H and O–H groups in total. The Morgan fingerprint density at radius 1 is 0.591 bits per heavy atom. The molecule has 0 fully saturated rings. The fraction of sp³-hybridized carbons (Fsp3) is 0.900. The summed E-state index contributed by atoms with van der Waals surface area (Å²) in [6, 6.07) is 0. The van der Waals surface area contributed by atoms with Crippen molar-refractivity contribution in [3.05, 3.63) is 12.3 Å². The summed E-state index contributed by atoms with van der Waals surface area (Å²) in [7, 11) is 4.17. The maximum Gasteiger partial charge on any atom is 0.00555 e. The van der Waals surface area contributed by atoms with Crippen LogP contribution in [0.2, 0.25) is 0 Å². The van der Waals surface area contributed by atoms with Crippen molar-refractivity contribution in [1.82, 2.24) is 4.90 Å². The summed E-state index contributed by atoms with van der Waals surface area (Å²) in [6.45, 7) is 2.29. The molecule has 0 aliphatic rings. The highest BCUT2D eigenvalue weighted by Gasteiger charge is 1.93. The van der Waals surface area contributed by atoms with E-state index >= 15 is 0 Å². The summed E-state index contributed by atoms with van der Waals surface area (Å²) in [6.07, 6.45) is 25.9. The van der Waals surface area contributed by atoms with Gasteiger partial charge in [0.2, 0.25) is 0 Å². The molecule has 0 saturated heterocycles. The maximum absolute atomic E-state index is 2.29. The van der Waals surface area contributed by atoms with E-state index in [1.165, 1.54) is 96.3 Å². The third-order valence-electron chi connectivity index (χ3n) is 4.13. The van der Waals surface area contributed by atoms with Crippen LogP contribution in [0, 0.1) is 0 Å². The summed E-state index contributed by atoms with van der Waals surface area (Å²) in [5.41, 5.74) is 0. The normalized spacial score (nSPS) is 10.9. The Bertz CT molecular complexity index is 214. The van der Waals surface area contributed by atoms with E-state index in [0.29, 0.717) is 0 Å². The molecule has 0 aliphatic heterocycles. The third kappa shape index (κ3) is 22.3. The van der Waals surface area contributed by atoms with Gasteiger partial charge in [-0.15, -0.1) is 17.0 Å². The zero-order valence-corrected chi connectivity index (χ0v) is 17.3. The first kappa shape index (κ1) is 24.3. The molecule has 0 aromatic heterocycles. The molecular weight excluding hydrogens is 334 g/mol. The van der Waals surface area contributed by atoms with Crippen molar-refractivity contribution in [3.63, 3.8) is 0 Å². The predicted octanol–water partition coefficient (Wildman–Crippen LogP) is 7.51. The minimum atomic E-state index is 0. The Hall–Kier alpha value is 0.0200. The number of halogens is 1. The zero-order valence-electron chi connectivity index (χ0n) is 15.6. The van der Waals surface area contributed by atoms with Gasteiger partial charge in [0.25, 0.3) is 0 Å². The van der Waals surface area contributed by atoms with E-state index < -0.39 is 0 Å². The van der Waals surface area contributed by atoms with Crippen LogP contribution in [0.5, 0.6) is 0 Å². The van der Waals surface area contributed by atoms with Crippen LogP contribution >= 0.6 is 17.0 Å². The molecule has 0 aromatic rings. The molecule has 0 aromatic carbocycles. The highest BCUT2D eigenvalue weighted by Crippen LogP contribution is 2.13. The van der Waals surface area contributed by atoms with Gasteiger partial charge in [-0.1, -0.05) is 96.5 Å². The third-order valence-corrected chi connectivity index (χ3v) is 4.13. The van der Waals surface area contributed by atoms with Gasteiger partial charge in [-0.2, -0.15) is 0 Å². The van der Waals surface area contributed by atoms with Crippen LogP contribution in [-0.4, -0.2) is 19.0 Å². The zero-order chi connectivity index (χ0) is 15.6. The maximum atomic E-state index is 2.29. The lowest BCUT2D eigenvalue weighted by Gasteiger charge is -2.04. The molecule has 0 bridgehead atoms. The summed E-state index contributed by atoms with van der Waals surface area (Å²) in [5, 5.41) is 0. The fourth-order valence-corrected chi connectivity index (χ4v) is 2.74. The Morgan fingerprint density at radius 2 is 0.955 bits per heavy atom. The van der Waals surface area contributed by atoms with Crippen LogP contribution in [0.15, 0.2) is 12.3 Å². The molecule has 2 heteroatoms. The molecule has 0 unspecified atom stereocenters. The number of rotatable bonds is 16. The van der Waals surface area contributed by atoms with Crippen LogP contribution in [-0.2, 0) is 0 Å². The average Bonchev–Trinajstić information content (AvgIpc) is 2.46. The number of hydrogen-bond donors (Lipinski definition) is 0. The predicted molar refractivity (Wildman–Crippen MR) is 108 cm³/mol. The number of hydrogen-bond acceptors (Lipinski definition) is 1. The van der Waals surface area contributed by atoms with E-state index in [1.807, 2.05) is 0 Å². The first-order chi connectivity index (χ1) is 10.3. The van der Waals surface area contributed by atoms with Gasteiger partial charge in [0.15, 0.2) is 0 Å². The molecule has 0 amide bonds. The molecule has 134 valence electrons. The van der Waals surface area contributed by atoms with Gasteiger partial charge in [0, 0.05) is 14.1 Å². The molecule has 22 heavy (non-hydrogen) atoms. The molecule has 0 heterocycles. The molecule has 0 aliphatic carbocycles. The second-order valence-electron chi connectivity index (χ2n) is 6.73. The van der Waals surface area contributed by atoms with E-state index in [0.717, 1.165) is 0 Å². The minimum absolute atomic E-state index is 0. The van der Waals surface area contributed by atoms with Crippen LogP contribution in [0.25, 0.3) is 0 Å². The number of nitrogens with zero attached hydrogens (tertiary/aromatic N) is 1. The van der Waals surface area contributed by atoms with Crippen LogP contribution in [0.1, 0.15) is 103 Å². The lowest BCUT2D eigenvalue weighted by Crippen LogP contribution is -1.99. The van der Waals surface area contributed by atoms with E-state index in [1.54, 1.807) is 0 Å². The Labute approximate surface area is 151 Å². The van der Waals surface area contributed by atoms with Gasteiger partial charge >= 0.3 is 0 Å². The van der Waals surface area contributed by atoms with Gasteiger partial charge in [-0.25, -0.2) is 0 Å². The smallest absolute Gasteiger partial charge is 0.00555 e. The molecule has 0 saturated carbocycles. The largest absolute Gasteiger partial charge is 0.384 e. The molecule has 0 spiro atoms.